The second-order valence-corrected chi connectivity index (χ2v) is 5.10. The highest BCUT2D eigenvalue weighted by atomic mass is 32.1. The van der Waals surface area contributed by atoms with Crippen LogP contribution in [0, 0.1) is 0 Å². The predicted octanol–water partition coefficient (Wildman–Crippen LogP) is 3.18. The van der Waals surface area contributed by atoms with Gasteiger partial charge >= 0.3 is 0 Å². The molecule has 2 heterocycles. The number of hydrogen-bond acceptors (Lipinski definition) is 5. The summed E-state index contributed by atoms with van der Waals surface area (Å²) in [5.74, 6) is 0. The molecule has 0 spiro atoms. The molecule has 0 unspecified atom stereocenters. The number of aromatic amines is 1. The molecule has 4 rings (SSSR count). The molecule has 0 radical (unpaired) electrons. The summed E-state index contributed by atoms with van der Waals surface area (Å²) in [6, 6.07) is 12.2. The minimum atomic E-state index is 0.757. The summed E-state index contributed by atoms with van der Waals surface area (Å²) in [4.78, 5) is 7.32. The number of H-pyrrole nitrogens is 1. The first kappa shape index (κ1) is 11.4. The van der Waals surface area contributed by atoms with Gasteiger partial charge in [0.1, 0.15) is 11.0 Å². The van der Waals surface area contributed by atoms with E-state index in [1.165, 1.54) is 17.3 Å². The van der Waals surface area contributed by atoms with Crippen molar-refractivity contribution in [3.63, 3.8) is 0 Å². The Morgan fingerprint density at radius 3 is 2.90 bits per heavy atom. The molecule has 0 saturated heterocycles. The molecule has 0 aliphatic carbocycles. The summed E-state index contributed by atoms with van der Waals surface area (Å²) in [6.07, 6.45) is 1.71. The predicted molar refractivity (Wildman–Crippen MR) is 80.8 cm³/mol. The smallest absolute Gasteiger partial charge is 0.105 e. The summed E-state index contributed by atoms with van der Waals surface area (Å²) in [5, 5.41) is 3.41. The molecular weight excluding hydrogens is 270 g/mol. The van der Waals surface area contributed by atoms with E-state index < -0.39 is 0 Å². The van der Waals surface area contributed by atoms with Crippen LogP contribution in [-0.4, -0.2) is 18.7 Å². The van der Waals surface area contributed by atoms with E-state index in [-0.39, 0.29) is 0 Å². The molecule has 0 fully saturated rings. The van der Waals surface area contributed by atoms with Crippen LogP contribution in [0.3, 0.4) is 0 Å². The van der Waals surface area contributed by atoms with Crippen molar-refractivity contribution in [1.82, 2.24) is 18.7 Å². The third kappa shape index (κ3) is 2.00. The van der Waals surface area contributed by atoms with Crippen molar-refractivity contribution in [2.45, 2.75) is 6.54 Å². The topological polar surface area (TPSA) is 66.5 Å². The van der Waals surface area contributed by atoms with E-state index in [4.69, 9.17) is 0 Å². The van der Waals surface area contributed by atoms with Gasteiger partial charge in [0.25, 0.3) is 0 Å². The lowest BCUT2D eigenvalue weighted by Gasteiger charge is -2.06. The number of anilines is 1. The van der Waals surface area contributed by atoms with Crippen molar-refractivity contribution in [2.24, 2.45) is 0 Å². The third-order valence-corrected chi connectivity index (χ3v) is 3.79. The number of aromatic nitrogens is 4. The second kappa shape index (κ2) is 4.57. The van der Waals surface area contributed by atoms with Crippen molar-refractivity contribution < 1.29 is 0 Å². The largest absolute Gasteiger partial charge is 0.381 e. The Labute approximate surface area is 119 Å². The first-order valence-electron chi connectivity index (χ1n) is 6.27. The molecule has 5 nitrogen and oxygen atoms in total. The Hall–Kier alpha value is -2.47. The Morgan fingerprint density at radius 1 is 1.00 bits per heavy atom. The van der Waals surface area contributed by atoms with Gasteiger partial charge in [-0.05, 0) is 35.9 Å². The van der Waals surface area contributed by atoms with Gasteiger partial charge in [-0.1, -0.05) is 6.07 Å². The van der Waals surface area contributed by atoms with E-state index in [2.05, 4.69) is 42.2 Å². The zero-order valence-corrected chi connectivity index (χ0v) is 11.3. The number of imidazole rings is 1. The lowest BCUT2D eigenvalue weighted by atomic mass is 10.2. The molecule has 0 bridgehead atoms. The SMILES string of the molecule is c1nc2ccc(NCc3ccc4nsnc4c3)cc2[nH]1. The van der Waals surface area contributed by atoms with Crippen molar-refractivity contribution in [1.29, 1.82) is 0 Å². The Morgan fingerprint density at radius 2 is 1.90 bits per heavy atom. The lowest BCUT2D eigenvalue weighted by molar-refractivity contribution is 1.15. The van der Waals surface area contributed by atoms with Crippen LogP contribution in [0.5, 0.6) is 0 Å². The maximum Gasteiger partial charge on any atom is 0.105 e. The van der Waals surface area contributed by atoms with Crippen LogP contribution in [0.4, 0.5) is 5.69 Å². The highest BCUT2D eigenvalue weighted by Crippen LogP contribution is 2.18. The van der Waals surface area contributed by atoms with Crippen LogP contribution in [-0.2, 0) is 6.54 Å². The first-order chi connectivity index (χ1) is 9.88. The van der Waals surface area contributed by atoms with E-state index in [0.717, 1.165) is 34.3 Å². The molecule has 2 aromatic heterocycles. The van der Waals surface area contributed by atoms with Crippen LogP contribution < -0.4 is 5.32 Å². The number of nitrogens with one attached hydrogen (secondary N) is 2. The lowest BCUT2D eigenvalue weighted by Crippen LogP contribution is -1.99. The maximum atomic E-state index is 4.26. The van der Waals surface area contributed by atoms with Crippen LogP contribution in [0.15, 0.2) is 42.7 Å². The Kier molecular flexibility index (Phi) is 2.60. The van der Waals surface area contributed by atoms with E-state index in [9.17, 15) is 0 Å². The van der Waals surface area contributed by atoms with E-state index in [1.54, 1.807) is 6.33 Å². The number of benzene rings is 2. The molecule has 0 atom stereocenters. The fraction of sp³-hybridized carbons (Fsp3) is 0.0714. The van der Waals surface area contributed by atoms with Crippen LogP contribution in [0.2, 0.25) is 0 Å². The number of hydrogen-bond donors (Lipinski definition) is 2. The molecular formula is C14H11N5S. The van der Waals surface area contributed by atoms with Gasteiger partial charge in [-0.15, -0.1) is 0 Å². The molecule has 0 aliphatic heterocycles. The summed E-state index contributed by atoms with van der Waals surface area (Å²) < 4.78 is 8.46. The van der Waals surface area contributed by atoms with Crippen molar-refractivity contribution in [3.8, 4) is 0 Å². The molecule has 2 N–H and O–H groups in total. The van der Waals surface area contributed by atoms with Crippen molar-refractivity contribution >= 4 is 39.5 Å². The molecule has 2 aromatic carbocycles. The zero-order valence-electron chi connectivity index (χ0n) is 10.5. The van der Waals surface area contributed by atoms with Gasteiger partial charge in [0.15, 0.2) is 0 Å². The van der Waals surface area contributed by atoms with Crippen molar-refractivity contribution in [3.05, 3.63) is 48.3 Å². The monoisotopic (exact) mass is 281 g/mol. The Balaban J connectivity index is 1.56. The van der Waals surface area contributed by atoms with Gasteiger partial charge in [-0.25, -0.2) is 4.98 Å². The van der Waals surface area contributed by atoms with E-state index in [1.807, 2.05) is 18.2 Å². The average molecular weight is 281 g/mol. The summed E-state index contributed by atoms with van der Waals surface area (Å²) in [6.45, 7) is 0.757. The fourth-order valence-corrected chi connectivity index (χ4v) is 2.70. The molecule has 0 aliphatic rings. The third-order valence-electron chi connectivity index (χ3n) is 3.24. The molecule has 0 amide bonds. The first-order valence-corrected chi connectivity index (χ1v) is 7.00. The number of rotatable bonds is 3. The van der Waals surface area contributed by atoms with Crippen molar-refractivity contribution in [2.75, 3.05) is 5.32 Å². The highest BCUT2D eigenvalue weighted by molar-refractivity contribution is 7.00. The standard InChI is InChI=1S/C14H11N5S/c1-3-12-14(19-20-18-12)5-9(1)7-15-10-2-4-11-13(6-10)17-8-16-11/h1-6,8,15H,7H2,(H,16,17). The van der Waals surface area contributed by atoms with Gasteiger partial charge < -0.3 is 10.3 Å². The van der Waals surface area contributed by atoms with Gasteiger partial charge in [0.05, 0.1) is 29.1 Å². The Bertz CT molecular complexity index is 805. The zero-order chi connectivity index (χ0) is 13.4. The fourth-order valence-electron chi connectivity index (χ4n) is 2.19. The summed E-state index contributed by atoms with van der Waals surface area (Å²) in [7, 11) is 0. The van der Waals surface area contributed by atoms with Crippen LogP contribution in [0.25, 0.3) is 22.1 Å². The van der Waals surface area contributed by atoms with E-state index >= 15 is 0 Å². The molecule has 20 heavy (non-hydrogen) atoms. The highest BCUT2D eigenvalue weighted by Gasteiger charge is 2.01. The van der Waals surface area contributed by atoms with Gasteiger partial charge in [-0.2, -0.15) is 8.75 Å². The second-order valence-electron chi connectivity index (χ2n) is 4.58. The molecule has 0 saturated carbocycles. The molecule has 4 aromatic rings. The quantitative estimate of drug-likeness (QED) is 0.605. The minimum Gasteiger partial charge on any atom is -0.381 e. The van der Waals surface area contributed by atoms with Gasteiger partial charge in [0, 0.05) is 12.2 Å². The average Bonchev–Trinajstić information content (AvgIpc) is 3.12. The maximum absolute atomic E-state index is 4.26. The number of nitrogens with zero attached hydrogens (tertiary/aromatic N) is 3. The van der Waals surface area contributed by atoms with E-state index in [0.29, 0.717) is 0 Å². The normalized spacial score (nSPS) is 11.2. The molecule has 6 heteroatoms. The summed E-state index contributed by atoms with van der Waals surface area (Å²) >= 11 is 1.25. The van der Waals surface area contributed by atoms with Crippen LogP contribution in [0.1, 0.15) is 5.56 Å². The minimum absolute atomic E-state index is 0.757. The summed E-state index contributed by atoms with van der Waals surface area (Å²) in [5.41, 5.74) is 6.18. The molecule has 98 valence electrons. The van der Waals surface area contributed by atoms with Gasteiger partial charge in [0.2, 0.25) is 0 Å². The van der Waals surface area contributed by atoms with Gasteiger partial charge in [-0.3, -0.25) is 0 Å². The number of fused-ring (bicyclic) bond motifs is 2. The van der Waals surface area contributed by atoms with Crippen LogP contribution >= 0.6 is 11.7 Å².